The Morgan fingerprint density at radius 3 is 2.88 bits per heavy atom. The summed E-state index contributed by atoms with van der Waals surface area (Å²) < 4.78 is 0. The molecule has 1 saturated carbocycles. The van der Waals surface area contributed by atoms with Crippen LogP contribution in [0.1, 0.15) is 31.6 Å². The molecule has 2 rings (SSSR count). The number of thiocarbonyl (C=S) groups is 1. The van der Waals surface area contributed by atoms with E-state index in [-0.39, 0.29) is 0 Å². The van der Waals surface area contributed by atoms with Crippen molar-refractivity contribution >= 4 is 28.7 Å². The van der Waals surface area contributed by atoms with Crippen LogP contribution in [-0.4, -0.2) is 22.1 Å². The van der Waals surface area contributed by atoms with Gasteiger partial charge in [-0.3, -0.25) is 0 Å². The first kappa shape index (κ1) is 11.9. The zero-order chi connectivity index (χ0) is 11.5. The van der Waals surface area contributed by atoms with Crippen LogP contribution in [-0.2, 0) is 6.54 Å². The van der Waals surface area contributed by atoms with E-state index in [9.17, 15) is 0 Å². The molecule has 0 aromatic carbocycles. The van der Waals surface area contributed by atoms with Gasteiger partial charge in [-0.2, -0.15) is 0 Å². The summed E-state index contributed by atoms with van der Waals surface area (Å²) in [4.78, 5) is 3.72. The number of thiophene rings is 1. The van der Waals surface area contributed by atoms with Crippen LogP contribution >= 0.6 is 23.6 Å². The van der Waals surface area contributed by atoms with Gasteiger partial charge in [-0.15, -0.1) is 11.3 Å². The van der Waals surface area contributed by atoms with Gasteiger partial charge >= 0.3 is 0 Å². The predicted octanol–water partition coefficient (Wildman–Crippen LogP) is 3.00. The maximum atomic E-state index is 5.46. The molecule has 1 aliphatic rings. The first-order valence-electron chi connectivity index (χ1n) is 5.76. The summed E-state index contributed by atoms with van der Waals surface area (Å²) in [5.41, 5.74) is 0. The summed E-state index contributed by atoms with van der Waals surface area (Å²) >= 11 is 7.26. The zero-order valence-electron chi connectivity index (χ0n) is 9.77. The largest absolute Gasteiger partial charge is 0.360 e. The van der Waals surface area contributed by atoms with Crippen LogP contribution in [0.5, 0.6) is 0 Å². The lowest BCUT2D eigenvalue weighted by atomic mass is 10.4. The smallest absolute Gasteiger partial charge is 0.169 e. The second-order valence-corrected chi connectivity index (χ2v) is 5.96. The van der Waals surface area contributed by atoms with Gasteiger partial charge in [0.25, 0.3) is 0 Å². The Labute approximate surface area is 107 Å². The molecule has 0 unspecified atom stereocenters. The van der Waals surface area contributed by atoms with Crippen molar-refractivity contribution in [1.29, 1.82) is 0 Å². The topological polar surface area (TPSA) is 15.3 Å². The molecule has 1 aliphatic carbocycles. The Kier molecular flexibility index (Phi) is 3.82. The Hall–Kier alpha value is -0.610. The Bertz CT molecular complexity index is 342. The second kappa shape index (κ2) is 5.15. The SMILES string of the molecule is CC(C)NC(=S)N(Cc1cccs1)C1CC1. The molecular formula is C12H18N2S2. The third-order valence-electron chi connectivity index (χ3n) is 2.57. The summed E-state index contributed by atoms with van der Waals surface area (Å²) in [7, 11) is 0. The van der Waals surface area contributed by atoms with Gasteiger partial charge in [0.1, 0.15) is 0 Å². The average molecular weight is 254 g/mol. The van der Waals surface area contributed by atoms with E-state index in [1.165, 1.54) is 17.7 Å². The van der Waals surface area contributed by atoms with Gasteiger partial charge in [0.2, 0.25) is 0 Å². The highest BCUT2D eigenvalue weighted by atomic mass is 32.1. The minimum Gasteiger partial charge on any atom is -0.360 e. The molecule has 0 radical (unpaired) electrons. The minimum atomic E-state index is 0.414. The number of nitrogens with one attached hydrogen (secondary N) is 1. The van der Waals surface area contributed by atoms with Crippen molar-refractivity contribution in [2.45, 2.75) is 45.3 Å². The van der Waals surface area contributed by atoms with Crippen LogP contribution in [0, 0.1) is 0 Å². The van der Waals surface area contributed by atoms with Crippen LogP contribution in [0.4, 0.5) is 0 Å². The summed E-state index contributed by atoms with van der Waals surface area (Å²) in [6.45, 7) is 5.21. The van der Waals surface area contributed by atoms with E-state index < -0.39 is 0 Å². The Morgan fingerprint density at radius 1 is 1.62 bits per heavy atom. The minimum absolute atomic E-state index is 0.414. The Morgan fingerprint density at radius 2 is 2.38 bits per heavy atom. The summed E-state index contributed by atoms with van der Waals surface area (Å²) in [6.07, 6.45) is 2.57. The van der Waals surface area contributed by atoms with E-state index in [1.54, 1.807) is 11.3 Å². The van der Waals surface area contributed by atoms with Crippen LogP contribution in [0.2, 0.25) is 0 Å². The molecule has 1 aromatic heterocycles. The first-order chi connectivity index (χ1) is 7.66. The molecule has 0 atom stereocenters. The maximum Gasteiger partial charge on any atom is 0.169 e. The molecule has 1 fully saturated rings. The van der Waals surface area contributed by atoms with Crippen LogP contribution in [0.25, 0.3) is 0 Å². The van der Waals surface area contributed by atoms with E-state index in [2.05, 4.69) is 41.6 Å². The number of rotatable bonds is 4. The van der Waals surface area contributed by atoms with E-state index in [1.807, 2.05) is 0 Å². The monoisotopic (exact) mass is 254 g/mol. The normalized spacial score (nSPS) is 15.2. The van der Waals surface area contributed by atoms with Gasteiger partial charge in [0, 0.05) is 17.0 Å². The molecule has 1 aromatic rings. The highest BCUT2D eigenvalue weighted by Gasteiger charge is 2.31. The van der Waals surface area contributed by atoms with Crippen molar-refractivity contribution < 1.29 is 0 Å². The third-order valence-corrected chi connectivity index (χ3v) is 3.78. The fourth-order valence-electron chi connectivity index (χ4n) is 1.65. The lowest BCUT2D eigenvalue weighted by Crippen LogP contribution is -2.43. The fourth-order valence-corrected chi connectivity index (χ4v) is 2.81. The molecule has 88 valence electrons. The molecule has 1 heterocycles. The Balaban J connectivity index is 1.97. The summed E-state index contributed by atoms with van der Waals surface area (Å²) in [5.74, 6) is 0. The van der Waals surface area contributed by atoms with Gasteiger partial charge in [0.15, 0.2) is 5.11 Å². The predicted molar refractivity (Wildman–Crippen MR) is 73.8 cm³/mol. The number of hydrogen-bond acceptors (Lipinski definition) is 2. The van der Waals surface area contributed by atoms with Gasteiger partial charge in [0.05, 0.1) is 6.54 Å². The van der Waals surface area contributed by atoms with Crippen LogP contribution < -0.4 is 5.32 Å². The van der Waals surface area contributed by atoms with E-state index >= 15 is 0 Å². The van der Waals surface area contributed by atoms with Crippen molar-refractivity contribution in [2.24, 2.45) is 0 Å². The first-order valence-corrected chi connectivity index (χ1v) is 7.05. The maximum absolute atomic E-state index is 5.46. The number of hydrogen-bond donors (Lipinski definition) is 1. The highest BCUT2D eigenvalue weighted by molar-refractivity contribution is 7.80. The molecule has 1 N–H and O–H groups in total. The molecule has 0 aliphatic heterocycles. The quantitative estimate of drug-likeness (QED) is 0.832. The standard InChI is InChI=1S/C12H18N2S2/c1-9(2)13-12(15)14(10-5-6-10)8-11-4-3-7-16-11/h3-4,7,9-10H,5-6,8H2,1-2H3,(H,13,15). The zero-order valence-corrected chi connectivity index (χ0v) is 11.4. The van der Waals surface area contributed by atoms with Crippen LogP contribution in [0.3, 0.4) is 0 Å². The lowest BCUT2D eigenvalue weighted by molar-refractivity contribution is 0.395. The fraction of sp³-hybridized carbons (Fsp3) is 0.583. The van der Waals surface area contributed by atoms with E-state index in [0.29, 0.717) is 12.1 Å². The molecule has 0 bridgehead atoms. The molecular weight excluding hydrogens is 236 g/mol. The summed E-state index contributed by atoms with van der Waals surface area (Å²) in [5, 5.41) is 6.37. The van der Waals surface area contributed by atoms with Gasteiger partial charge in [-0.05, 0) is 50.4 Å². The van der Waals surface area contributed by atoms with Crippen molar-refractivity contribution in [1.82, 2.24) is 10.2 Å². The van der Waals surface area contributed by atoms with E-state index in [0.717, 1.165) is 11.7 Å². The molecule has 4 heteroatoms. The lowest BCUT2D eigenvalue weighted by Gasteiger charge is -2.26. The third kappa shape index (κ3) is 3.19. The molecule has 0 spiro atoms. The van der Waals surface area contributed by atoms with Crippen LogP contribution in [0.15, 0.2) is 17.5 Å². The molecule has 0 saturated heterocycles. The van der Waals surface area contributed by atoms with Crippen molar-refractivity contribution in [2.75, 3.05) is 0 Å². The van der Waals surface area contributed by atoms with Crippen molar-refractivity contribution in [3.8, 4) is 0 Å². The summed E-state index contributed by atoms with van der Waals surface area (Å²) in [6, 6.07) is 5.36. The van der Waals surface area contributed by atoms with Crippen molar-refractivity contribution in [3.63, 3.8) is 0 Å². The van der Waals surface area contributed by atoms with Gasteiger partial charge < -0.3 is 10.2 Å². The highest BCUT2D eigenvalue weighted by Crippen LogP contribution is 2.29. The second-order valence-electron chi connectivity index (χ2n) is 4.54. The molecule has 2 nitrogen and oxygen atoms in total. The number of nitrogens with zero attached hydrogens (tertiary/aromatic N) is 1. The molecule has 16 heavy (non-hydrogen) atoms. The average Bonchev–Trinajstić information content (AvgIpc) is 2.91. The van der Waals surface area contributed by atoms with Gasteiger partial charge in [-0.25, -0.2) is 0 Å². The van der Waals surface area contributed by atoms with E-state index in [4.69, 9.17) is 12.2 Å². The molecule has 0 amide bonds. The van der Waals surface area contributed by atoms with Crippen molar-refractivity contribution in [3.05, 3.63) is 22.4 Å². The van der Waals surface area contributed by atoms with Gasteiger partial charge in [-0.1, -0.05) is 6.07 Å².